The Morgan fingerprint density at radius 3 is 2.77 bits per heavy atom. The molecule has 0 aliphatic carbocycles. The molecule has 1 aliphatic rings. The van der Waals surface area contributed by atoms with Gasteiger partial charge < -0.3 is 14.2 Å². The number of benzene rings is 1. The van der Waals surface area contributed by atoms with Gasteiger partial charge in [-0.2, -0.15) is 0 Å². The summed E-state index contributed by atoms with van der Waals surface area (Å²) in [6, 6.07) is 10.4. The summed E-state index contributed by atoms with van der Waals surface area (Å²) in [4.78, 5) is 7.01. The van der Waals surface area contributed by atoms with Crippen LogP contribution < -0.4 is 0 Å². The largest absolute Gasteiger partial charge is 0.366 e. The van der Waals surface area contributed by atoms with Crippen molar-refractivity contribution in [2.75, 3.05) is 14.1 Å². The first-order valence-corrected chi connectivity index (χ1v) is 8.01. The molecular weight excluding hydrogens is 274 g/mol. The molecule has 1 unspecified atom stereocenters. The van der Waals surface area contributed by atoms with Crippen LogP contribution in [0.4, 0.5) is 0 Å². The third kappa shape index (κ3) is 3.23. The number of hydrogen-bond acceptors (Lipinski definition) is 3. The molecule has 4 heteroatoms. The number of fused-ring (bicyclic) bond motifs is 1. The van der Waals surface area contributed by atoms with E-state index in [-0.39, 0.29) is 6.10 Å². The second-order valence-electron chi connectivity index (χ2n) is 6.32. The van der Waals surface area contributed by atoms with E-state index in [2.05, 4.69) is 54.8 Å². The molecule has 1 aliphatic heterocycles. The standard InChI is InChI=1S/C18H25N3O/c1-14-16(12-20(2)3)21-11-7-10-17(18(21)19-14)22-13-15-8-5-4-6-9-15/h4-6,8-9,17H,7,10-13H2,1-3H3. The smallest absolute Gasteiger partial charge is 0.138 e. The summed E-state index contributed by atoms with van der Waals surface area (Å²) in [5.41, 5.74) is 3.68. The highest BCUT2D eigenvalue weighted by Gasteiger charge is 2.26. The average molecular weight is 299 g/mol. The number of rotatable bonds is 5. The normalized spacial score (nSPS) is 17.7. The van der Waals surface area contributed by atoms with Crippen LogP contribution >= 0.6 is 0 Å². The third-order valence-electron chi connectivity index (χ3n) is 4.20. The van der Waals surface area contributed by atoms with Crippen LogP contribution in [-0.2, 0) is 24.4 Å². The second-order valence-corrected chi connectivity index (χ2v) is 6.32. The Balaban J connectivity index is 1.77. The molecule has 0 amide bonds. The first-order chi connectivity index (χ1) is 10.6. The third-order valence-corrected chi connectivity index (χ3v) is 4.20. The lowest BCUT2D eigenvalue weighted by molar-refractivity contribution is 0.0157. The molecule has 1 aromatic carbocycles. The Morgan fingerprint density at radius 2 is 2.05 bits per heavy atom. The molecule has 0 saturated carbocycles. The monoisotopic (exact) mass is 299 g/mol. The average Bonchev–Trinajstić information content (AvgIpc) is 2.82. The van der Waals surface area contributed by atoms with Gasteiger partial charge in [0.25, 0.3) is 0 Å². The minimum atomic E-state index is 0.114. The van der Waals surface area contributed by atoms with Crippen LogP contribution in [0.5, 0.6) is 0 Å². The Labute approximate surface area is 132 Å². The molecule has 22 heavy (non-hydrogen) atoms. The van der Waals surface area contributed by atoms with Gasteiger partial charge in [-0.1, -0.05) is 30.3 Å². The van der Waals surface area contributed by atoms with Crippen molar-refractivity contribution in [3.05, 3.63) is 53.1 Å². The summed E-state index contributed by atoms with van der Waals surface area (Å²) in [7, 11) is 4.21. The summed E-state index contributed by atoms with van der Waals surface area (Å²) in [5, 5.41) is 0. The predicted octanol–water partition coefficient (Wildman–Crippen LogP) is 3.30. The van der Waals surface area contributed by atoms with Crippen molar-refractivity contribution in [2.45, 2.75) is 45.6 Å². The van der Waals surface area contributed by atoms with Gasteiger partial charge in [-0.25, -0.2) is 4.98 Å². The van der Waals surface area contributed by atoms with Crippen molar-refractivity contribution in [1.29, 1.82) is 0 Å². The van der Waals surface area contributed by atoms with Crippen LogP contribution in [0.3, 0.4) is 0 Å². The van der Waals surface area contributed by atoms with Gasteiger partial charge in [0.15, 0.2) is 0 Å². The number of ether oxygens (including phenoxy) is 1. The van der Waals surface area contributed by atoms with Gasteiger partial charge in [-0.15, -0.1) is 0 Å². The lowest BCUT2D eigenvalue weighted by Crippen LogP contribution is -2.22. The first kappa shape index (κ1) is 15.3. The molecule has 0 fully saturated rings. The maximum atomic E-state index is 6.17. The molecule has 0 N–H and O–H groups in total. The van der Waals surface area contributed by atoms with Crippen molar-refractivity contribution >= 4 is 0 Å². The van der Waals surface area contributed by atoms with E-state index >= 15 is 0 Å². The zero-order chi connectivity index (χ0) is 15.5. The zero-order valence-electron chi connectivity index (χ0n) is 13.7. The summed E-state index contributed by atoms with van der Waals surface area (Å²) >= 11 is 0. The van der Waals surface area contributed by atoms with Gasteiger partial charge >= 0.3 is 0 Å². The van der Waals surface area contributed by atoms with Crippen LogP contribution in [0, 0.1) is 6.92 Å². The van der Waals surface area contributed by atoms with Gasteiger partial charge in [-0.3, -0.25) is 0 Å². The lowest BCUT2D eigenvalue weighted by atomic mass is 10.1. The maximum absolute atomic E-state index is 6.17. The summed E-state index contributed by atoms with van der Waals surface area (Å²) in [6.07, 6.45) is 2.33. The summed E-state index contributed by atoms with van der Waals surface area (Å²) < 4.78 is 8.54. The highest BCUT2D eigenvalue weighted by Crippen LogP contribution is 2.31. The first-order valence-electron chi connectivity index (χ1n) is 8.01. The van der Waals surface area contributed by atoms with E-state index in [4.69, 9.17) is 9.72 Å². The zero-order valence-corrected chi connectivity index (χ0v) is 13.7. The Bertz CT molecular complexity index is 619. The number of aryl methyl sites for hydroxylation is 1. The predicted molar refractivity (Wildman–Crippen MR) is 87.6 cm³/mol. The Morgan fingerprint density at radius 1 is 1.27 bits per heavy atom. The fourth-order valence-electron chi connectivity index (χ4n) is 3.12. The van der Waals surface area contributed by atoms with Crippen molar-refractivity contribution in [2.24, 2.45) is 0 Å². The maximum Gasteiger partial charge on any atom is 0.138 e. The number of nitrogens with zero attached hydrogens (tertiary/aromatic N) is 3. The molecular formula is C18H25N3O. The number of hydrogen-bond donors (Lipinski definition) is 0. The van der Waals surface area contributed by atoms with Gasteiger partial charge in [0.1, 0.15) is 11.9 Å². The van der Waals surface area contributed by atoms with Crippen LogP contribution in [0.1, 0.15) is 41.7 Å². The minimum Gasteiger partial charge on any atom is -0.366 e. The van der Waals surface area contributed by atoms with Crippen molar-refractivity contribution in [3.63, 3.8) is 0 Å². The highest BCUT2D eigenvalue weighted by atomic mass is 16.5. The van der Waals surface area contributed by atoms with Gasteiger partial charge in [0, 0.05) is 13.1 Å². The molecule has 1 aromatic heterocycles. The van der Waals surface area contributed by atoms with Gasteiger partial charge in [0.2, 0.25) is 0 Å². The fraction of sp³-hybridized carbons (Fsp3) is 0.500. The van der Waals surface area contributed by atoms with E-state index in [1.807, 2.05) is 6.07 Å². The molecule has 2 heterocycles. The molecule has 4 nitrogen and oxygen atoms in total. The van der Waals surface area contributed by atoms with Crippen LogP contribution in [-0.4, -0.2) is 28.5 Å². The lowest BCUT2D eigenvalue weighted by Gasteiger charge is -2.25. The molecule has 0 spiro atoms. The molecule has 0 radical (unpaired) electrons. The van der Waals surface area contributed by atoms with E-state index in [0.29, 0.717) is 6.61 Å². The van der Waals surface area contributed by atoms with Gasteiger partial charge in [-0.05, 0) is 39.4 Å². The second kappa shape index (κ2) is 6.63. The SMILES string of the molecule is Cc1nc2n(c1CN(C)C)CCCC2OCc1ccccc1. The van der Waals surface area contributed by atoms with E-state index in [1.165, 1.54) is 11.3 Å². The number of aromatic nitrogens is 2. The van der Waals surface area contributed by atoms with Gasteiger partial charge in [0.05, 0.1) is 18.0 Å². The van der Waals surface area contributed by atoms with E-state index < -0.39 is 0 Å². The number of imidazole rings is 1. The fourth-order valence-corrected chi connectivity index (χ4v) is 3.12. The Kier molecular flexibility index (Phi) is 4.60. The van der Waals surface area contributed by atoms with E-state index in [9.17, 15) is 0 Å². The van der Waals surface area contributed by atoms with Crippen molar-refractivity contribution < 1.29 is 4.74 Å². The van der Waals surface area contributed by atoms with Crippen molar-refractivity contribution in [3.8, 4) is 0 Å². The summed E-state index contributed by atoms with van der Waals surface area (Å²) in [5.74, 6) is 1.11. The molecule has 3 rings (SSSR count). The highest BCUT2D eigenvalue weighted by molar-refractivity contribution is 5.19. The quantitative estimate of drug-likeness (QED) is 0.848. The molecule has 0 bridgehead atoms. The summed E-state index contributed by atoms with van der Waals surface area (Å²) in [6.45, 7) is 4.76. The molecule has 0 saturated heterocycles. The topological polar surface area (TPSA) is 30.3 Å². The van der Waals surface area contributed by atoms with Crippen LogP contribution in [0.2, 0.25) is 0 Å². The molecule has 1 atom stereocenters. The molecule has 2 aromatic rings. The molecule has 118 valence electrons. The Hall–Kier alpha value is -1.65. The van der Waals surface area contributed by atoms with Crippen LogP contribution in [0.25, 0.3) is 0 Å². The minimum absolute atomic E-state index is 0.114. The van der Waals surface area contributed by atoms with Crippen LogP contribution in [0.15, 0.2) is 30.3 Å². The van der Waals surface area contributed by atoms with E-state index in [0.717, 1.165) is 37.4 Å². The van der Waals surface area contributed by atoms with E-state index in [1.54, 1.807) is 0 Å². The van der Waals surface area contributed by atoms with Crippen molar-refractivity contribution in [1.82, 2.24) is 14.5 Å².